The van der Waals surface area contributed by atoms with Crippen molar-refractivity contribution in [3.63, 3.8) is 0 Å². The second-order valence-electron chi connectivity index (χ2n) is 5.69. The fourth-order valence-corrected chi connectivity index (χ4v) is 3.89. The van der Waals surface area contributed by atoms with Crippen molar-refractivity contribution in [2.24, 2.45) is 0 Å². The maximum atomic E-state index is 12.1. The van der Waals surface area contributed by atoms with E-state index in [1.165, 1.54) is 30.2 Å². The molecule has 0 radical (unpaired) electrons. The van der Waals surface area contributed by atoms with Crippen molar-refractivity contribution in [1.82, 2.24) is 9.62 Å². The number of nitrogens with zero attached hydrogens (tertiary/aromatic N) is 1. The standard InChI is InChI=1S/C18H22N2O3S2/c1-20(2)25(22,23)17-10-6-9-16(11-17)13-24-14-18(21)19-12-15-7-4-3-5-8-15/h3-11H,12-14H2,1-2H3,(H,19,21). The Balaban J connectivity index is 1.82. The molecule has 1 amide bonds. The third kappa shape index (κ3) is 5.88. The van der Waals surface area contributed by atoms with Gasteiger partial charge in [-0.2, -0.15) is 0 Å². The molecular weight excluding hydrogens is 356 g/mol. The Kier molecular flexibility index (Phi) is 7.04. The molecule has 2 aromatic carbocycles. The van der Waals surface area contributed by atoms with Crippen molar-refractivity contribution in [1.29, 1.82) is 0 Å². The number of carbonyl (C=O) groups is 1. The van der Waals surface area contributed by atoms with Gasteiger partial charge in [0.05, 0.1) is 10.6 Å². The molecule has 25 heavy (non-hydrogen) atoms. The van der Waals surface area contributed by atoms with Crippen LogP contribution < -0.4 is 5.32 Å². The highest BCUT2D eigenvalue weighted by molar-refractivity contribution is 7.99. The maximum Gasteiger partial charge on any atom is 0.242 e. The second-order valence-corrected chi connectivity index (χ2v) is 8.83. The smallest absolute Gasteiger partial charge is 0.242 e. The number of nitrogens with one attached hydrogen (secondary N) is 1. The van der Waals surface area contributed by atoms with Gasteiger partial charge in [0, 0.05) is 26.4 Å². The van der Waals surface area contributed by atoms with Crippen molar-refractivity contribution in [2.45, 2.75) is 17.2 Å². The molecular formula is C18H22N2O3S2. The van der Waals surface area contributed by atoms with E-state index in [0.29, 0.717) is 18.1 Å². The van der Waals surface area contributed by atoms with Gasteiger partial charge in [-0.25, -0.2) is 12.7 Å². The molecule has 7 heteroatoms. The molecule has 2 aromatic rings. The summed E-state index contributed by atoms with van der Waals surface area (Å²) in [6.45, 7) is 0.511. The van der Waals surface area contributed by atoms with Crippen LogP contribution in [-0.2, 0) is 27.1 Å². The summed E-state index contributed by atoms with van der Waals surface area (Å²) in [5.74, 6) is 0.874. The van der Waals surface area contributed by atoms with Crippen molar-refractivity contribution >= 4 is 27.7 Å². The highest BCUT2D eigenvalue weighted by Crippen LogP contribution is 2.18. The molecule has 0 atom stereocenters. The number of rotatable bonds is 8. The van der Waals surface area contributed by atoms with E-state index in [1.807, 2.05) is 36.4 Å². The Morgan fingerprint density at radius 1 is 1.04 bits per heavy atom. The topological polar surface area (TPSA) is 66.5 Å². The molecule has 5 nitrogen and oxygen atoms in total. The summed E-state index contributed by atoms with van der Waals surface area (Å²) in [7, 11) is -0.420. The van der Waals surface area contributed by atoms with Gasteiger partial charge in [-0.15, -0.1) is 11.8 Å². The lowest BCUT2D eigenvalue weighted by molar-refractivity contribution is -0.118. The van der Waals surface area contributed by atoms with E-state index in [2.05, 4.69) is 5.32 Å². The predicted octanol–water partition coefficient (Wildman–Crippen LogP) is 2.49. The van der Waals surface area contributed by atoms with Crippen LogP contribution in [0.2, 0.25) is 0 Å². The van der Waals surface area contributed by atoms with Crippen LogP contribution in [0.15, 0.2) is 59.5 Å². The van der Waals surface area contributed by atoms with Crippen LogP contribution in [0.4, 0.5) is 0 Å². The third-order valence-corrected chi connectivity index (χ3v) is 6.33. The summed E-state index contributed by atoms with van der Waals surface area (Å²) < 4.78 is 25.5. The van der Waals surface area contributed by atoms with Gasteiger partial charge in [0.15, 0.2) is 0 Å². The number of carbonyl (C=O) groups excluding carboxylic acids is 1. The molecule has 0 fully saturated rings. The average molecular weight is 379 g/mol. The van der Waals surface area contributed by atoms with Crippen LogP contribution in [0.1, 0.15) is 11.1 Å². The number of benzene rings is 2. The molecule has 134 valence electrons. The van der Waals surface area contributed by atoms with E-state index in [-0.39, 0.29) is 10.8 Å². The lowest BCUT2D eigenvalue weighted by atomic mass is 10.2. The first-order valence-electron chi connectivity index (χ1n) is 7.79. The first kappa shape index (κ1) is 19.5. The molecule has 0 aromatic heterocycles. The zero-order valence-corrected chi connectivity index (χ0v) is 15.9. The van der Waals surface area contributed by atoms with Gasteiger partial charge in [-0.1, -0.05) is 42.5 Å². The van der Waals surface area contributed by atoms with Gasteiger partial charge in [-0.05, 0) is 23.3 Å². The predicted molar refractivity (Wildman–Crippen MR) is 102 cm³/mol. The zero-order valence-electron chi connectivity index (χ0n) is 14.3. The fraction of sp³-hybridized carbons (Fsp3) is 0.278. The lowest BCUT2D eigenvalue weighted by Crippen LogP contribution is -2.24. The van der Waals surface area contributed by atoms with Crippen LogP contribution in [0.3, 0.4) is 0 Å². The summed E-state index contributed by atoms with van der Waals surface area (Å²) in [4.78, 5) is 12.2. The van der Waals surface area contributed by atoms with Crippen molar-refractivity contribution in [3.8, 4) is 0 Å². The number of thioether (sulfide) groups is 1. The Hall–Kier alpha value is -1.83. The summed E-state index contributed by atoms with van der Waals surface area (Å²) in [5, 5.41) is 2.87. The van der Waals surface area contributed by atoms with E-state index >= 15 is 0 Å². The van der Waals surface area contributed by atoms with Crippen molar-refractivity contribution in [2.75, 3.05) is 19.8 Å². The van der Waals surface area contributed by atoms with Gasteiger partial charge < -0.3 is 5.32 Å². The quantitative estimate of drug-likeness (QED) is 0.766. The molecule has 0 unspecified atom stereocenters. The summed E-state index contributed by atoms with van der Waals surface area (Å²) in [6.07, 6.45) is 0. The van der Waals surface area contributed by atoms with Gasteiger partial charge >= 0.3 is 0 Å². The highest BCUT2D eigenvalue weighted by atomic mass is 32.2. The minimum Gasteiger partial charge on any atom is -0.351 e. The van der Waals surface area contributed by atoms with E-state index < -0.39 is 10.0 Å². The van der Waals surface area contributed by atoms with Gasteiger partial charge in [0.2, 0.25) is 15.9 Å². The Morgan fingerprint density at radius 3 is 2.40 bits per heavy atom. The Morgan fingerprint density at radius 2 is 1.72 bits per heavy atom. The number of hydrogen-bond donors (Lipinski definition) is 1. The SMILES string of the molecule is CN(C)S(=O)(=O)c1cccc(CSCC(=O)NCc2ccccc2)c1. The van der Waals surface area contributed by atoms with Crippen LogP contribution >= 0.6 is 11.8 Å². The van der Waals surface area contributed by atoms with Crippen LogP contribution in [-0.4, -0.2) is 38.5 Å². The second kappa shape index (κ2) is 9.03. The Labute approximate surface area is 153 Å². The number of hydrogen-bond acceptors (Lipinski definition) is 4. The van der Waals surface area contributed by atoms with Crippen LogP contribution in [0.5, 0.6) is 0 Å². The average Bonchev–Trinajstić information content (AvgIpc) is 2.61. The van der Waals surface area contributed by atoms with E-state index in [9.17, 15) is 13.2 Å². The molecule has 0 aliphatic rings. The normalized spacial score (nSPS) is 11.5. The largest absolute Gasteiger partial charge is 0.351 e. The molecule has 0 saturated heterocycles. The van der Waals surface area contributed by atoms with Gasteiger partial charge in [-0.3, -0.25) is 4.79 Å². The minimum atomic E-state index is -3.44. The van der Waals surface area contributed by atoms with E-state index in [4.69, 9.17) is 0 Å². The van der Waals surface area contributed by atoms with E-state index in [1.54, 1.807) is 18.2 Å². The summed E-state index contributed by atoms with van der Waals surface area (Å²) >= 11 is 1.46. The van der Waals surface area contributed by atoms with Crippen LogP contribution in [0.25, 0.3) is 0 Å². The monoisotopic (exact) mass is 378 g/mol. The van der Waals surface area contributed by atoms with Crippen LogP contribution in [0, 0.1) is 0 Å². The first-order valence-corrected chi connectivity index (χ1v) is 10.4. The molecule has 0 saturated carbocycles. The van der Waals surface area contributed by atoms with E-state index in [0.717, 1.165) is 11.1 Å². The Bertz CT molecular complexity index is 806. The fourth-order valence-electron chi connectivity index (χ4n) is 2.12. The molecule has 2 rings (SSSR count). The zero-order chi connectivity index (χ0) is 18.3. The van der Waals surface area contributed by atoms with Crippen molar-refractivity contribution < 1.29 is 13.2 Å². The molecule has 0 heterocycles. The molecule has 1 N–H and O–H groups in total. The minimum absolute atomic E-state index is 0.0362. The molecule has 0 bridgehead atoms. The third-order valence-electron chi connectivity index (χ3n) is 3.51. The first-order chi connectivity index (χ1) is 11.9. The van der Waals surface area contributed by atoms with Crippen molar-refractivity contribution in [3.05, 3.63) is 65.7 Å². The molecule has 0 aliphatic carbocycles. The van der Waals surface area contributed by atoms with Gasteiger partial charge in [0.1, 0.15) is 0 Å². The lowest BCUT2D eigenvalue weighted by Gasteiger charge is -2.12. The van der Waals surface area contributed by atoms with Gasteiger partial charge in [0.25, 0.3) is 0 Å². The summed E-state index contributed by atoms with van der Waals surface area (Å²) in [5.41, 5.74) is 1.94. The number of sulfonamides is 1. The highest BCUT2D eigenvalue weighted by Gasteiger charge is 2.17. The maximum absolute atomic E-state index is 12.1. The molecule has 0 spiro atoms. The summed E-state index contributed by atoms with van der Waals surface area (Å²) in [6, 6.07) is 16.6. The molecule has 0 aliphatic heterocycles. The number of amides is 1.